The number of thioether (sulfide) groups is 2. The molecule has 0 radical (unpaired) electrons. The molecule has 2 atom stereocenters. The molecule has 208 valence electrons. The minimum atomic E-state index is -1.56. The fourth-order valence-corrected chi connectivity index (χ4v) is 6.39. The Kier molecular flexibility index (Phi) is 11.5. The molecule has 0 spiro atoms. The van der Waals surface area contributed by atoms with E-state index >= 15 is 0 Å². The van der Waals surface area contributed by atoms with E-state index < -0.39 is 47.4 Å². The zero-order valence-corrected chi connectivity index (χ0v) is 28.0. The van der Waals surface area contributed by atoms with Gasteiger partial charge in [-0.15, -0.1) is 28.6 Å². The number of aliphatic carboxylic acids is 2. The SMILES string of the molecule is CO/N=C(\C(=O)NC1C(=O)N2C(C(=O)[O-])=C(CSc3ccc4nn(CC(=O)[O-])c(=O)n4n3)CS[C@@H]12)c1ccco1.[Na+].[Na+]. The molecule has 0 aromatic carbocycles. The first-order chi connectivity index (χ1) is 19.2. The van der Waals surface area contributed by atoms with Crippen LogP contribution in [-0.2, 0) is 30.6 Å². The molecule has 0 saturated carbocycles. The van der Waals surface area contributed by atoms with Crippen molar-refractivity contribution in [2.45, 2.75) is 23.0 Å². The smallest absolute Gasteiger partial charge is 0.548 e. The van der Waals surface area contributed by atoms with Gasteiger partial charge in [0.25, 0.3) is 11.8 Å². The summed E-state index contributed by atoms with van der Waals surface area (Å²) in [5, 5.41) is 36.7. The molecule has 0 bridgehead atoms. The molecule has 3 aromatic heterocycles. The number of carbonyl (C=O) groups is 4. The quantitative estimate of drug-likeness (QED) is 0.0722. The maximum Gasteiger partial charge on any atom is 1.00 e. The number of hydrogen-bond donors (Lipinski definition) is 1. The molecule has 2 aliphatic rings. The molecule has 3 aromatic rings. The van der Waals surface area contributed by atoms with Gasteiger partial charge in [-0.2, -0.15) is 9.61 Å². The Hall–Kier alpha value is -2.58. The Morgan fingerprint density at radius 2 is 1.98 bits per heavy atom. The van der Waals surface area contributed by atoms with E-state index in [9.17, 15) is 34.2 Å². The van der Waals surface area contributed by atoms with Crippen LogP contribution in [0, 0.1) is 0 Å². The molecule has 1 fully saturated rings. The molecular weight excluding hydrogens is 616 g/mol. The summed E-state index contributed by atoms with van der Waals surface area (Å²) >= 11 is 2.35. The van der Waals surface area contributed by atoms with E-state index in [1.807, 2.05) is 0 Å². The van der Waals surface area contributed by atoms with Crippen molar-refractivity contribution >= 4 is 58.6 Å². The van der Waals surface area contributed by atoms with Crippen LogP contribution in [-0.4, -0.2) is 83.8 Å². The third kappa shape index (κ3) is 6.65. The van der Waals surface area contributed by atoms with Gasteiger partial charge in [0.2, 0.25) is 5.71 Å². The van der Waals surface area contributed by atoms with Gasteiger partial charge in [0.05, 0.1) is 30.4 Å². The van der Waals surface area contributed by atoms with Crippen molar-refractivity contribution in [3.8, 4) is 0 Å². The molecular formula is C22H17N7Na2O9S2. The Bertz CT molecular complexity index is 1650. The maximum atomic E-state index is 13.0. The first-order valence-corrected chi connectivity index (χ1v) is 13.4. The standard InChI is InChI=1S/C22H19N7O9S2.2Na/c1-37-26-15(11-3-2-6-38-11)18(32)23-16-19(33)28-17(21(34)35)10(9-40-20(16)28)8-39-13-5-4-12-24-27(7-14(30)31)22(36)29(12)25-13;;/h2-6,16,20H,7-9H2,1H3,(H,23,32)(H,30,31)(H,34,35);;/q;2*+1/p-2/b26-15-;;/t16?,20-;;/m0../s1. The van der Waals surface area contributed by atoms with Gasteiger partial charge in [-0.25, -0.2) is 9.48 Å². The Labute approximate surface area is 288 Å². The predicted octanol–water partition coefficient (Wildman–Crippen LogP) is -9.21. The van der Waals surface area contributed by atoms with Crippen molar-refractivity contribution in [3.63, 3.8) is 0 Å². The number of aromatic nitrogens is 4. The number of amides is 2. The van der Waals surface area contributed by atoms with Crippen LogP contribution < -0.4 is 80.3 Å². The molecule has 2 amide bonds. The molecule has 2 aliphatic heterocycles. The Morgan fingerprint density at radius 3 is 2.62 bits per heavy atom. The summed E-state index contributed by atoms with van der Waals surface area (Å²) in [7, 11) is 1.25. The van der Waals surface area contributed by atoms with Gasteiger partial charge in [-0.3, -0.25) is 14.5 Å². The van der Waals surface area contributed by atoms with Crippen LogP contribution in [0.3, 0.4) is 0 Å². The van der Waals surface area contributed by atoms with Crippen LogP contribution in [0.1, 0.15) is 5.76 Å². The van der Waals surface area contributed by atoms with Crippen molar-refractivity contribution in [2.24, 2.45) is 5.16 Å². The van der Waals surface area contributed by atoms with Gasteiger partial charge in [0, 0.05) is 11.5 Å². The summed E-state index contributed by atoms with van der Waals surface area (Å²) in [6, 6.07) is 5.01. The molecule has 1 N–H and O–H groups in total. The number of hydrogen-bond acceptors (Lipinski definition) is 14. The Balaban J connectivity index is 0.00000242. The van der Waals surface area contributed by atoms with Crippen molar-refractivity contribution in [1.82, 2.24) is 29.6 Å². The van der Waals surface area contributed by atoms with Crippen LogP contribution >= 0.6 is 23.5 Å². The number of fused-ring (bicyclic) bond motifs is 2. The molecule has 5 rings (SSSR count). The van der Waals surface area contributed by atoms with Crippen molar-refractivity contribution in [1.29, 1.82) is 0 Å². The van der Waals surface area contributed by atoms with E-state index in [0.717, 1.165) is 21.2 Å². The van der Waals surface area contributed by atoms with E-state index in [2.05, 4.69) is 20.7 Å². The van der Waals surface area contributed by atoms with Gasteiger partial charge >= 0.3 is 64.8 Å². The zero-order valence-electron chi connectivity index (χ0n) is 22.3. The molecule has 20 heteroatoms. The van der Waals surface area contributed by atoms with E-state index in [1.165, 1.54) is 43.3 Å². The molecule has 42 heavy (non-hydrogen) atoms. The summed E-state index contributed by atoms with van der Waals surface area (Å²) in [6.07, 6.45) is 1.34. The summed E-state index contributed by atoms with van der Waals surface area (Å²) < 4.78 is 6.80. The summed E-state index contributed by atoms with van der Waals surface area (Å²) in [5.41, 5.74) is -0.781. The second-order valence-corrected chi connectivity index (χ2v) is 10.3. The summed E-state index contributed by atoms with van der Waals surface area (Å²) in [4.78, 5) is 66.7. The van der Waals surface area contributed by atoms with Gasteiger partial charge in [-0.05, 0) is 29.8 Å². The first kappa shape index (κ1) is 33.9. The average Bonchev–Trinajstić information content (AvgIpc) is 3.56. The number of nitrogens with zero attached hydrogens (tertiary/aromatic N) is 6. The average molecular weight is 634 g/mol. The van der Waals surface area contributed by atoms with Crippen LogP contribution in [0.25, 0.3) is 5.65 Å². The van der Waals surface area contributed by atoms with Gasteiger partial charge in [0.1, 0.15) is 23.6 Å². The van der Waals surface area contributed by atoms with Crippen molar-refractivity contribution in [2.75, 3.05) is 18.6 Å². The zero-order chi connectivity index (χ0) is 28.6. The van der Waals surface area contributed by atoms with E-state index in [0.29, 0.717) is 15.3 Å². The summed E-state index contributed by atoms with van der Waals surface area (Å²) in [6.45, 7) is -0.737. The molecule has 1 unspecified atom stereocenters. The van der Waals surface area contributed by atoms with Gasteiger partial charge in [0.15, 0.2) is 11.4 Å². The van der Waals surface area contributed by atoms with Crippen LogP contribution in [0.15, 0.2) is 61.2 Å². The fourth-order valence-electron chi connectivity index (χ4n) is 4.05. The number of nitrogens with one attached hydrogen (secondary N) is 1. The first-order valence-electron chi connectivity index (χ1n) is 11.3. The van der Waals surface area contributed by atoms with E-state index in [1.54, 1.807) is 6.07 Å². The monoisotopic (exact) mass is 633 g/mol. The Morgan fingerprint density at radius 1 is 1.21 bits per heavy atom. The number of rotatable bonds is 10. The number of oxime groups is 1. The molecule has 0 aliphatic carbocycles. The van der Waals surface area contributed by atoms with E-state index in [4.69, 9.17) is 9.25 Å². The topological polar surface area (TPSA) is 217 Å². The maximum absolute atomic E-state index is 13.0. The summed E-state index contributed by atoms with van der Waals surface area (Å²) in [5.74, 6) is -4.01. The molecule has 5 heterocycles. The van der Waals surface area contributed by atoms with Crippen LogP contribution in [0.4, 0.5) is 0 Å². The fraction of sp³-hybridized carbons (Fsp3) is 0.273. The second-order valence-electron chi connectivity index (χ2n) is 8.24. The minimum Gasteiger partial charge on any atom is -0.548 e. The van der Waals surface area contributed by atoms with Crippen LogP contribution in [0.5, 0.6) is 0 Å². The second kappa shape index (κ2) is 14.3. The number of carbonyl (C=O) groups excluding carboxylic acids is 4. The van der Waals surface area contributed by atoms with Gasteiger partial charge < -0.3 is 34.4 Å². The van der Waals surface area contributed by atoms with Gasteiger partial charge in [-0.1, -0.05) is 5.16 Å². The van der Waals surface area contributed by atoms with Crippen molar-refractivity contribution < 1.29 is 97.8 Å². The normalized spacial score (nSPS) is 18.0. The largest absolute Gasteiger partial charge is 1.00 e. The number of carboxylic acid groups (broad SMARTS) is 2. The predicted molar refractivity (Wildman–Crippen MR) is 132 cm³/mol. The number of carboxylic acids is 2. The third-order valence-electron chi connectivity index (χ3n) is 5.77. The number of furan rings is 1. The van der Waals surface area contributed by atoms with E-state index in [-0.39, 0.29) is 93.4 Å². The van der Waals surface area contributed by atoms with Crippen molar-refractivity contribution in [3.05, 3.63) is 58.0 Å². The van der Waals surface area contributed by atoms with Crippen LogP contribution in [0.2, 0.25) is 0 Å². The third-order valence-corrected chi connectivity index (χ3v) is 8.11. The minimum absolute atomic E-state index is 0. The molecule has 1 saturated heterocycles. The number of β-lactam (4-membered cyclic amide) rings is 1. The molecule has 16 nitrogen and oxygen atoms in total.